The van der Waals surface area contributed by atoms with E-state index in [2.05, 4.69) is 11.6 Å². The number of hydrogen-bond acceptors (Lipinski definition) is 3. The molecular weight excluding hydrogens is 292 g/mol. The number of hydrogen-bond donors (Lipinski definition) is 1. The number of ether oxygens (including phenoxy) is 1. The number of rotatable bonds is 6. The van der Waals surface area contributed by atoms with Crippen LogP contribution in [0.5, 0.6) is 5.75 Å². The van der Waals surface area contributed by atoms with Gasteiger partial charge in [0.1, 0.15) is 11.3 Å². The normalized spacial score (nSPS) is 10.2. The van der Waals surface area contributed by atoms with Crippen LogP contribution < -0.4 is 10.3 Å². The fraction of sp³-hybridized carbons (Fsp3) is 0.222. The van der Waals surface area contributed by atoms with Gasteiger partial charge in [0.05, 0.1) is 7.11 Å². The Kier molecular flexibility index (Phi) is 5.36. The summed E-state index contributed by atoms with van der Waals surface area (Å²) in [5, 5.41) is 0. The van der Waals surface area contributed by atoms with Crippen molar-refractivity contribution in [2.45, 2.75) is 13.5 Å². The molecule has 1 N–H and O–H groups in total. The van der Waals surface area contributed by atoms with Crippen LogP contribution in [0.2, 0.25) is 0 Å². The van der Waals surface area contributed by atoms with Crippen molar-refractivity contribution in [3.63, 3.8) is 0 Å². The highest BCUT2D eigenvalue weighted by Crippen LogP contribution is 2.15. The van der Waals surface area contributed by atoms with Gasteiger partial charge in [-0.05, 0) is 36.8 Å². The first-order valence-corrected chi connectivity index (χ1v) is 7.28. The van der Waals surface area contributed by atoms with Crippen molar-refractivity contribution >= 4 is 5.91 Å². The molecule has 0 unspecified atom stereocenters. The van der Waals surface area contributed by atoms with Gasteiger partial charge in [-0.25, -0.2) is 0 Å². The Bertz CT molecular complexity index is 765. The summed E-state index contributed by atoms with van der Waals surface area (Å²) in [6.07, 6.45) is 1.64. The maximum atomic E-state index is 12.7. The van der Waals surface area contributed by atoms with Gasteiger partial charge >= 0.3 is 0 Å². The quantitative estimate of drug-likeness (QED) is 0.834. The number of nitrogens with zero attached hydrogens (tertiary/aromatic N) is 1. The molecule has 0 aliphatic rings. The van der Waals surface area contributed by atoms with Crippen LogP contribution >= 0.6 is 0 Å². The van der Waals surface area contributed by atoms with Gasteiger partial charge in [0.2, 0.25) is 0 Å². The van der Waals surface area contributed by atoms with Crippen LogP contribution in [-0.4, -0.2) is 29.4 Å². The maximum absolute atomic E-state index is 12.7. The lowest BCUT2D eigenvalue weighted by Gasteiger charge is -2.21. The van der Waals surface area contributed by atoms with Gasteiger partial charge in [0.15, 0.2) is 0 Å². The summed E-state index contributed by atoms with van der Waals surface area (Å²) in [5.74, 6) is 0.399. The van der Waals surface area contributed by atoms with Crippen molar-refractivity contribution in [3.05, 3.63) is 76.2 Å². The molecule has 0 saturated heterocycles. The fourth-order valence-corrected chi connectivity index (χ4v) is 2.28. The predicted octanol–water partition coefficient (Wildman–Crippen LogP) is 2.52. The lowest BCUT2D eigenvalue weighted by molar-refractivity contribution is 0.0760. The van der Waals surface area contributed by atoms with Crippen LogP contribution in [0.3, 0.4) is 0 Å². The highest BCUT2D eigenvalue weighted by atomic mass is 16.5. The molecule has 1 aromatic heterocycles. The van der Waals surface area contributed by atoms with E-state index in [1.807, 2.05) is 24.3 Å². The monoisotopic (exact) mass is 312 g/mol. The smallest absolute Gasteiger partial charge is 0.260 e. The number of H-pyrrole nitrogens is 1. The largest absolute Gasteiger partial charge is 0.497 e. The van der Waals surface area contributed by atoms with E-state index in [1.54, 1.807) is 37.1 Å². The van der Waals surface area contributed by atoms with Gasteiger partial charge in [-0.2, -0.15) is 0 Å². The number of aryl methyl sites for hydroxylation is 1. The Labute approximate surface area is 135 Å². The molecule has 120 valence electrons. The molecule has 0 saturated carbocycles. The summed E-state index contributed by atoms with van der Waals surface area (Å²) in [7, 11) is 1.59. The molecule has 5 heteroatoms. The highest BCUT2D eigenvalue weighted by molar-refractivity contribution is 5.93. The Balaban J connectivity index is 2.28. The molecule has 0 spiro atoms. The van der Waals surface area contributed by atoms with E-state index in [0.29, 0.717) is 13.1 Å². The number of carbonyl (C=O) groups is 1. The average molecular weight is 312 g/mol. The molecule has 0 atom stereocenters. The number of amides is 1. The number of pyridine rings is 1. The van der Waals surface area contributed by atoms with Gasteiger partial charge in [-0.15, -0.1) is 6.58 Å². The number of aromatic nitrogens is 1. The number of nitrogens with one attached hydrogen (secondary N) is 1. The molecule has 0 aliphatic carbocycles. The minimum atomic E-state index is -0.380. The molecule has 0 radical (unpaired) electrons. The van der Waals surface area contributed by atoms with Crippen LogP contribution in [0, 0.1) is 6.92 Å². The summed E-state index contributed by atoms with van der Waals surface area (Å²) in [6, 6.07) is 10.7. The molecule has 0 bridgehead atoms. The van der Waals surface area contributed by atoms with E-state index in [1.165, 1.54) is 0 Å². The number of aromatic amines is 1. The van der Waals surface area contributed by atoms with Crippen LogP contribution in [0.1, 0.15) is 21.6 Å². The van der Waals surface area contributed by atoms with Gasteiger partial charge in [-0.1, -0.05) is 18.2 Å². The van der Waals surface area contributed by atoms with E-state index in [9.17, 15) is 9.59 Å². The molecular formula is C18H20N2O3. The van der Waals surface area contributed by atoms with E-state index >= 15 is 0 Å². The van der Waals surface area contributed by atoms with Crippen molar-refractivity contribution in [2.75, 3.05) is 13.7 Å². The minimum absolute atomic E-state index is 0.125. The molecule has 2 aromatic rings. The van der Waals surface area contributed by atoms with Crippen LogP contribution in [0.15, 0.2) is 53.8 Å². The molecule has 1 heterocycles. The first-order valence-electron chi connectivity index (χ1n) is 7.28. The van der Waals surface area contributed by atoms with E-state index in [-0.39, 0.29) is 17.0 Å². The number of methoxy groups -OCH3 is 1. The first-order chi connectivity index (χ1) is 11.0. The molecule has 23 heavy (non-hydrogen) atoms. The van der Waals surface area contributed by atoms with Gasteiger partial charge in [0, 0.05) is 18.8 Å². The van der Waals surface area contributed by atoms with E-state index in [4.69, 9.17) is 4.74 Å². The molecule has 0 fully saturated rings. The summed E-state index contributed by atoms with van der Waals surface area (Å²) >= 11 is 0. The summed E-state index contributed by atoms with van der Waals surface area (Å²) in [5.41, 5.74) is 1.38. The van der Waals surface area contributed by atoms with Crippen molar-refractivity contribution in [2.24, 2.45) is 0 Å². The Hall–Kier alpha value is -2.82. The van der Waals surface area contributed by atoms with Crippen LogP contribution in [0.4, 0.5) is 0 Å². The summed E-state index contributed by atoms with van der Waals surface area (Å²) in [4.78, 5) is 28.9. The predicted molar refractivity (Wildman–Crippen MR) is 89.7 cm³/mol. The van der Waals surface area contributed by atoms with Gasteiger partial charge in [0.25, 0.3) is 11.5 Å². The van der Waals surface area contributed by atoms with E-state index < -0.39 is 0 Å². The second kappa shape index (κ2) is 7.45. The highest BCUT2D eigenvalue weighted by Gasteiger charge is 2.18. The molecule has 0 aliphatic heterocycles. The minimum Gasteiger partial charge on any atom is -0.497 e. The first kappa shape index (κ1) is 16.5. The van der Waals surface area contributed by atoms with Crippen molar-refractivity contribution in [3.8, 4) is 5.75 Å². The number of carbonyl (C=O) groups excluding carboxylic acids is 1. The van der Waals surface area contributed by atoms with Crippen molar-refractivity contribution in [1.29, 1.82) is 0 Å². The molecule has 5 nitrogen and oxygen atoms in total. The Morgan fingerprint density at radius 3 is 2.78 bits per heavy atom. The van der Waals surface area contributed by atoms with E-state index in [0.717, 1.165) is 17.0 Å². The zero-order valence-corrected chi connectivity index (χ0v) is 13.3. The zero-order valence-electron chi connectivity index (χ0n) is 13.3. The lowest BCUT2D eigenvalue weighted by Crippen LogP contribution is -2.34. The molecule has 2 rings (SSSR count). The lowest BCUT2D eigenvalue weighted by atomic mass is 10.1. The maximum Gasteiger partial charge on any atom is 0.260 e. The summed E-state index contributed by atoms with van der Waals surface area (Å²) in [6.45, 7) is 6.18. The third-order valence-corrected chi connectivity index (χ3v) is 3.43. The van der Waals surface area contributed by atoms with Crippen molar-refractivity contribution < 1.29 is 9.53 Å². The standard InChI is InChI=1S/C18H20N2O3/c1-4-10-20(12-14-6-5-7-15(11-14)23-3)18(22)16-9-8-13(2)19-17(16)21/h4-9,11H,1,10,12H2,2-3H3,(H,19,21). The Morgan fingerprint density at radius 1 is 1.35 bits per heavy atom. The van der Waals surface area contributed by atoms with Crippen LogP contribution in [0.25, 0.3) is 0 Å². The third-order valence-electron chi connectivity index (χ3n) is 3.43. The molecule has 1 aromatic carbocycles. The van der Waals surface area contributed by atoms with Crippen LogP contribution in [-0.2, 0) is 6.54 Å². The Morgan fingerprint density at radius 2 is 2.13 bits per heavy atom. The fourth-order valence-electron chi connectivity index (χ4n) is 2.28. The topological polar surface area (TPSA) is 62.4 Å². The third kappa shape index (κ3) is 4.10. The van der Waals surface area contributed by atoms with Crippen molar-refractivity contribution in [1.82, 2.24) is 9.88 Å². The molecule has 1 amide bonds. The SMILES string of the molecule is C=CCN(Cc1cccc(OC)c1)C(=O)c1ccc(C)[nH]c1=O. The average Bonchev–Trinajstić information content (AvgIpc) is 2.54. The van der Waals surface area contributed by atoms with Gasteiger partial charge < -0.3 is 14.6 Å². The summed E-state index contributed by atoms with van der Waals surface area (Å²) < 4.78 is 5.20. The zero-order chi connectivity index (χ0) is 16.8. The second-order valence-corrected chi connectivity index (χ2v) is 5.21. The van der Waals surface area contributed by atoms with Gasteiger partial charge in [-0.3, -0.25) is 9.59 Å². The number of benzene rings is 1. The second-order valence-electron chi connectivity index (χ2n) is 5.21.